The molecule has 1 aromatic heterocycles. The molecule has 1 N–H and O–H groups in total. The molecule has 0 radical (unpaired) electrons. The number of nitrogens with one attached hydrogen (secondary N) is 1. The van der Waals surface area contributed by atoms with Crippen LogP contribution >= 0.6 is 0 Å². The summed E-state index contributed by atoms with van der Waals surface area (Å²) in [5, 5.41) is 8.23. The molecule has 3 nitrogen and oxygen atoms in total. The van der Waals surface area contributed by atoms with Gasteiger partial charge in [0.2, 0.25) is 0 Å². The third-order valence-corrected chi connectivity index (χ3v) is 3.82. The zero-order chi connectivity index (χ0) is 11.6. The first kappa shape index (κ1) is 11.6. The van der Waals surface area contributed by atoms with Crippen molar-refractivity contribution in [2.75, 3.05) is 0 Å². The normalized spacial score (nSPS) is 18.8. The lowest BCUT2D eigenvalue weighted by molar-refractivity contribution is 0.174. The van der Waals surface area contributed by atoms with E-state index in [9.17, 15) is 0 Å². The van der Waals surface area contributed by atoms with Gasteiger partial charge >= 0.3 is 0 Å². The number of rotatable bonds is 5. The molecule has 0 aromatic carbocycles. The summed E-state index contributed by atoms with van der Waals surface area (Å²) in [5.41, 5.74) is 1.58. The van der Waals surface area contributed by atoms with Gasteiger partial charge in [0.1, 0.15) is 0 Å². The molecule has 0 spiro atoms. The third-order valence-electron chi connectivity index (χ3n) is 3.82. The Bertz CT molecular complexity index is 331. The van der Waals surface area contributed by atoms with Crippen LogP contribution in [0.25, 0.3) is 0 Å². The van der Waals surface area contributed by atoms with Crippen molar-refractivity contribution < 1.29 is 0 Å². The minimum atomic E-state index is 0.418. The second-order valence-electron chi connectivity index (χ2n) is 5.22. The molecule has 1 aliphatic rings. The van der Waals surface area contributed by atoms with Crippen LogP contribution in [0.15, 0.2) is 12.3 Å². The molecule has 0 amide bonds. The molecule has 16 heavy (non-hydrogen) atoms. The molecule has 1 aliphatic carbocycles. The van der Waals surface area contributed by atoms with E-state index in [4.69, 9.17) is 0 Å². The van der Waals surface area contributed by atoms with Crippen LogP contribution in [0.5, 0.6) is 0 Å². The fourth-order valence-corrected chi connectivity index (χ4v) is 2.30. The molecule has 1 saturated carbocycles. The van der Waals surface area contributed by atoms with E-state index in [1.807, 2.05) is 4.68 Å². The van der Waals surface area contributed by atoms with Gasteiger partial charge < -0.3 is 5.32 Å². The quantitative estimate of drug-likeness (QED) is 0.828. The lowest BCUT2D eigenvalue weighted by atomic mass is 9.75. The number of hydrogen-bond acceptors (Lipinski definition) is 2. The van der Waals surface area contributed by atoms with Gasteiger partial charge in [-0.25, -0.2) is 0 Å². The van der Waals surface area contributed by atoms with E-state index in [1.54, 1.807) is 0 Å². The van der Waals surface area contributed by atoms with Gasteiger partial charge in [-0.05, 0) is 45.6 Å². The van der Waals surface area contributed by atoms with Crippen LogP contribution in [0.2, 0.25) is 0 Å². The summed E-state index contributed by atoms with van der Waals surface area (Å²) in [7, 11) is 0. The molecule has 0 saturated heterocycles. The highest BCUT2D eigenvalue weighted by atomic mass is 15.3. The lowest BCUT2D eigenvalue weighted by Crippen LogP contribution is -2.49. The molecular formula is C13H23N3. The minimum Gasteiger partial charge on any atom is -0.306 e. The molecular weight excluding hydrogens is 198 g/mol. The van der Waals surface area contributed by atoms with Crippen LogP contribution in [0.1, 0.15) is 58.2 Å². The first-order valence-corrected chi connectivity index (χ1v) is 6.44. The van der Waals surface area contributed by atoms with Crippen LogP contribution in [0.4, 0.5) is 0 Å². The maximum atomic E-state index is 4.56. The largest absolute Gasteiger partial charge is 0.306 e. The Morgan fingerprint density at radius 3 is 2.69 bits per heavy atom. The molecule has 0 atom stereocenters. The van der Waals surface area contributed by atoms with Crippen molar-refractivity contribution in [3.8, 4) is 0 Å². The standard InChI is InChI=1S/C13H23N3/c1-4-13(7-5-8-13)14-10-12-6-9-16(15-12)11(2)3/h6,9,11,14H,4-5,7-8,10H2,1-3H3. The van der Waals surface area contributed by atoms with Crippen molar-refractivity contribution in [2.24, 2.45) is 0 Å². The van der Waals surface area contributed by atoms with Crippen LogP contribution in [-0.4, -0.2) is 15.3 Å². The summed E-state index contributed by atoms with van der Waals surface area (Å²) in [6, 6.07) is 2.58. The predicted molar refractivity (Wildman–Crippen MR) is 66.3 cm³/mol. The van der Waals surface area contributed by atoms with Crippen molar-refractivity contribution in [2.45, 2.75) is 64.6 Å². The van der Waals surface area contributed by atoms with Crippen molar-refractivity contribution in [3.63, 3.8) is 0 Å². The van der Waals surface area contributed by atoms with E-state index in [0.29, 0.717) is 11.6 Å². The van der Waals surface area contributed by atoms with Crippen LogP contribution in [0.3, 0.4) is 0 Å². The lowest BCUT2D eigenvalue weighted by Gasteiger charge is -2.42. The average molecular weight is 221 g/mol. The maximum absolute atomic E-state index is 4.56. The molecule has 1 fully saturated rings. The molecule has 2 rings (SSSR count). The molecule has 1 aromatic rings. The van der Waals surface area contributed by atoms with Crippen molar-refractivity contribution in [3.05, 3.63) is 18.0 Å². The van der Waals surface area contributed by atoms with Crippen LogP contribution in [-0.2, 0) is 6.54 Å². The smallest absolute Gasteiger partial charge is 0.0762 e. The molecule has 3 heteroatoms. The van der Waals surface area contributed by atoms with Gasteiger partial charge in [-0.15, -0.1) is 0 Å². The molecule has 0 bridgehead atoms. The van der Waals surface area contributed by atoms with E-state index in [0.717, 1.165) is 12.2 Å². The fourth-order valence-electron chi connectivity index (χ4n) is 2.30. The van der Waals surface area contributed by atoms with E-state index in [2.05, 4.69) is 43.4 Å². The summed E-state index contributed by atoms with van der Waals surface area (Å²) in [4.78, 5) is 0. The highest BCUT2D eigenvalue weighted by Crippen LogP contribution is 2.34. The second-order valence-corrected chi connectivity index (χ2v) is 5.22. The van der Waals surface area contributed by atoms with Gasteiger partial charge in [-0.2, -0.15) is 5.10 Å². The highest BCUT2D eigenvalue weighted by Gasteiger charge is 2.34. The van der Waals surface area contributed by atoms with E-state index < -0.39 is 0 Å². The van der Waals surface area contributed by atoms with Crippen molar-refractivity contribution >= 4 is 0 Å². The first-order valence-electron chi connectivity index (χ1n) is 6.44. The van der Waals surface area contributed by atoms with Gasteiger partial charge in [-0.1, -0.05) is 6.92 Å². The second kappa shape index (κ2) is 4.58. The number of nitrogens with zero attached hydrogens (tertiary/aromatic N) is 2. The van der Waals surface area contributed by atoms with Gasteiger partial charge in [0.05, 0.1) is 5.69 Å². The number of hydrogen-bond donors (Lipinski definition) is 1. The Labute approximate surface area is 98.2 Å². The summed E-state index contributed by atoms with van der Waals surface area (Å²) in [6.07, 6.45) is 7.34. The topological polar surface area (TPSA) is 29.9 Å². The molecule has 0 aliphatic heterocycles. The monoisotopic (exact) mass is 221 g/mol. The fraction of sp³-hybridized carbons (Fsp3) is 0.769. The SMILES string of the molecule is CCC1(NCc2ccn(C(C)C)n2)CCC1. The summed E-state index contributed by atoms with van der Waals surface area (Å²) in [6.45, 7) is 7.50. The van der Waals surface area contributed by atoms with E-state index in [1.165, 1.54) is 25.7 Å². The van der Waals surface area contributed by atoms with Gasteiger partial charge in [-0.3, -0.25) is 4.68 Å². The van der Waals surface area contributed by atoms with E-state index in [-0.39, 0.29) is 0 Å². The molecule has 90 valence electrons. The Balaban J connectivity index is 1.89. The Morgan fingerprint density at radius 1 is 1.50 bits per heavy atom. The van der Waals surface area contributed by atoms with Crippen LogP contribution in [0, 0.1) is 0 Å². The summed E-state index contributed by atoms with van der Waals surface area (Å²) in [5.74, 6) is 0. The average Bonchev–Trinajstić information content (AvgIpc) is 2.65. The number of aromatic nitrogens is 2. The Hall–Kier alpha value is -0.830. The highest BCUT2D eigenvalue weighted by molar-refractivity contribution is 5.02. The summed E-state index contributed by atoms with van der Waals surface area (Å²) < 4.78 is 2.02. The van der Waals surface area contributed by atoms with Gasteiger partial charge in [0.25, 0.3) is 0 Å². The first-order chi connectivity index (χ1) is 7.65. The third kappa shape index (κ3) is 2.29. The van der Waals surface area contributed by atoms with Crippen molar-refractivity contribution in [1.29, 1.82) is 0 Å². The zero-order valence-electron chi connectivity index (χ0n) is 10.7. The Kier molecular flexibility index (Phi) is 3.33. The van der Waals surface area contributed by atoms with Gasteiger partial charge in [0.15, 0.2) is 0 Å². The maximum Gasteiger partial charge on any atom is 0.0762 e. The molecule has 1 heterocycles. The van der Waals surface area contributed by atoms with E-state index >= 15 is 0 Å². The van der Waals surface area contributed by atoms with Crippen LogP contribution < -0.4 is 5.32 Å². The van der Waals surface area contributed by atoms with Gasteiger partial charge in [0, 0.05) is 24.3 Å². The summed E-state index contributed by atoms with van der Waals surface area (Å²) >= 11 is 0. The van der Waals surface area contributed by atoms with Crippen molar-refractivity contribution in [1.82, 2.24) is 15.1 Å². The predicted octanol–water partition coefficient (Wildman–Crippen LogP) is 2.89. The Morgan fingerprint density at radius 2 is 2.25 bits per heavy atom. The zero-order valence-corrected chi connectivity index (χ0v) is 10.7. The minimum absolute atomic E-state index is 0.418. The molecule has 0 unspecified atom stereocenters.